The van der Waals surface area contributed by atoms with Gasteiger partial charge in [0.15, 0.2) is 0 Å². The molecule has 0 saturated heterocycles. The van der Waals surface area contributed by atoms with Crippen LogP contribution in [0, 0.1) is 0 Å². The molecule has 1 heterocycles. The van der Waals surface area contributed by atoms with Crippen molar-refractivity contribution in [3.05, 3.63) is 41.7 Å². The lowest BCUT2D eigenvalue weighted by molar-refractivity contribution is 0.0510. The SMILES string of the molecule is Cn1cc(CCOC(=O)c2ccc(N)cc2N)cn1. The maximum Gasteiger partial charge on any atom is 0.340 e. The van der Waals surface area contributed by atoms with E-state index in [-0.39, 0.29) is 6.61 Å². The summed E-state index contributed by atoms with van der Waals surface area (Å²) in [6.07, 6.45) is 4.24. The number of aryl methyl sites for hydroxylation is 1. The first-order valence-corrected chi connectivity index (χ1v) is 5.86. The van der Waals surface area contributed by atoms with Gasteiger partial charge < -0.3 is 16.2 Å². The van der Waals surface area contributed by atoms with E-state index in [1.54, 1.807) is 23.0 Å². The maximum atomic E-state index is 11.8. The van der Waals surface area contributed by atoms with Crippen molar-refractivity contribution < 1.29 is 9.53 Å². The van der Waals surface area contributed by atoms with E-state index in [0.717, 1.165) is 5.56 Å². The highest BCUT2D eigenvalue weighted by molar-refractivity contribution is 5.95. The maximum absolute atomic E-state index is 11.8. The quantitative estimate of drug-likeness (QED) is 0.631. The Hall–Kier alpha value is -2.50. The number of carbonyl (C=O) groups is 1. The van der Waals surface area contributed by atoms with Crippen LogP contribution in [-0.4, -0.2) is 22.4 Å². The zero-order valence-electron chi connectivity index (χ0n) is 10.7. The van der Waals surface area contributed by atoms with Gasteiger partial charge in [-0.1, -0.05) is 0 Å². The molecule has 0 aliphatic carbocycles. The topological polar surface area (TPSA) is 96.2 Å². The summed E-state index contributed by atoms with van der Waals surface area (Å²) in [5.74, 6) is -0.443. The lowest BCUT2D eigenvalue weighted by Gasteiger charge is -2.07. The van der Waals surface area contributed by atoms with Crippen molar-refractivity contribution in [1.82, 2.24) is 9.78 Å². The number of nitrogens with zero attached hydrogens (tertiary/aromatic N) is 2. The van der Waals surface area contributed by atoms with E-state index in [1.165, 1.54) is 6.07 Å². The predicted molar refractivity (Wildman–Crippen MR) is 72.5 cm³/mol. The van der Waals surface area contributed by atoms with E-state index < -0.39 is 5.97 Å². The number of nitrogen functional groups attached to an aromatic ring is 2. The second-order valence-electron chi connectivity index (χ2n) is 4.25. The molecule has 0 unspecified atom stereocenters. The normalized spacial score (nSPS) is 10.4. The van der Waals surface area contributed by atoms with E-state index in [1.807, 2.05) is 13.2 Å². The molecule has 0 spiro atoms. The van der Waals surface area contributed by atoms with Crippen LogP contribution >= 0.6 is 0 Å². The Kier molecular flexibility index (Phi) is 3.70. The van der Waals surface area contributed by atoms with Gasteiger partial charge in [0, 0.05) is 31.0 Å². The second kappa shape index (κ2) is 5.43. The molecule has 1 aromatic heterocycles. The number of hydrogen-bond acceptors (Lipinski definition) is 5. The Morgan fingerprint density at radius 1 is 1.42 bits per heavy atom. The third-order valence-corrected chi connectivity index (χ3v) is 2.68. The van der Waals surface area contributed by atoms with Gasteiger partial charge in [-0.2, -0.15) is 5.10 Å². The van der Waals surface area contributed by atoms with Crippen molar-refractivity contribution >= 4 is 17.3 Å². The number of hydrogen-bond donors (Lipinski definition) is 2. The monoisotopic (exact) mass is 260 g/mol. The van der Waals surface area contributed by atoms with Crippen molar-refractivity contribution in [3.8, 4) is 0 Å². The fourth-order valence-electron chi connectivity index (χ4n) is 1.71. The highest BCUT2D eigenvalue weighted by Crippen LogP contribution is 2.16. The fourth-order valence-corrected chi connectivity index (χ4v) is 1.71. The number of carbonyl (C=O) groups excluding carboxylic acids is 1. The first-order chi connectivity index (χ1) is 9.06. The summed E-state index contributed by atoms with van der Waals surface area (Å²) in [4.78, 5) is 11.8. The molecule has 0 radical (unpaired) electrons. The summed E-state index contributed by atoms with van der Waals surface area (Å²) in [6.45, 7) is 0.286. The molecular weight excluding hydrogens is 244 g/mol. The average Bonchev–Trinajstić information content (AvgIpc) is 2.75. The number of benzene rings is 1. The van der Waals surface area contributed by atoms with E-state index in [0.29, 0.717) is 23.4 Å². The van der Waals surface area contributed by atoms with Crippen LogP contribution in [0.5, 0.6) is 0 Å². The predicted octanol–water partition coefficient (Wildman–Crippen LogP) is 0.984. The van der Waals surface area contributed by atoms with Gasteiger partial charge in [-0.05, 0) is 23.8 Å². The number of esters is 1. The number of rotatable bonds is 4. The van der Waals surface area contributed by atoms with Gasteiger partial charge >= 0.3 is 5.97 Å². The zero-order valence-corrected chi connectivity index (χ0v) is 10.7. The number of nitrogens with two attached hydrogens (primary N) is 2. The van der Waals surface area contributed by atoms with Crippen molar-refractivity contribution in [2.45, 2.75) is 6.42 Å². The molecule has 0 aliphatic heterocycles. The molecule has 0 saturated carbocycles. The first kappa shape index (κ1) is 12.9. The molecule has 2 rings (SSSR count). The fraction of sp³-hybridized carbons (Fsp3) is 0.231. The largest absolute Gasteiger partial charge is 0.462 e. The van der Waals surface area contributed by atoms with Crippen LogP contribution in [-0.2, 0) is 18.2 Å². The summed E-state index contributed by atoms with van der Waals surface area (Å²) in [5.41, 5.74) is 13.5. The third kappa shape index (κ3) is 3.25. The first-order valence-electron chi connectivity index (χ1n) is 5.86. The van der Waals surface area contributed by atoms with E-state index in [9.17, 15) is 4.79 Å². The molecule has 6 nitrogen and oxygen atoms in total. The van der Waals surface area contributed by atoms with Gasteiger partial charge in [0.1, 0.15) is 0 Å². The van der Waals surface area contributed by atoms with Crippen molar-refractivity contribution in [1.29, 1.82) is 0 Å². The van der Waals surface area contributed by atoms with E-state index in [4.69, 9.17) is 16.2 Å². The Morgan fingerprint density at radius 3 is 2.84 bits per heavy atom. The molecule has 1 aromatic carbocycles. The molecule has 0 fully saturated rings. The minimum absolute atomic E-state index is 0.286. The summed E-state index contributed by atoms with van der Waals surface area (Å²) in [7, 11) is 1.84. The molecule has 0 bridgehead atoms. The smallest absolute Gasteiger partial charge is 0.340 e. The summed E-state index contributed by atoms with van der Waals surface area (Å²) < 4.78 is 6.87. The van der Waals surface area contributed by atoms with Crippen LogP contribution in [0.25, 0.3) is 0 Å². The van der Waals surface area contributed by atoms with E-state index in [2.05, 4.69) is 5.10 Å². The van der Waals surface area contributed by atoms with Crippen molar-refractivity contribution in [2.75, 3.05) is 18.1 Å². The minimum atomic E-state index is -0.443. The van der Waals surface area contributed by atoms with Crippen LogP contribution in [0.1, 0.15) is 15.9 Å². The molecule has 6 heteroatoms. The Balaban J connectivity index is 1.90. The van der Waals surface area contributed by atoms with E-state index >= 15 is 0 Å². The lowest BCUT2D eigenvalue weighted by Crippen LogP contribution is -2.10. The molecule has 4 N–H and O–H groups in total. The molecule has 0 amide bonds. The molecule has 19 heavy (non-hydrogen) atoms. The molecule has 2 aromatic rings. The number of ether oxygens (including phenoxy) is 1. The van der Waals surface area contributed by atoms with Crippen LogP contribution in [0.3, 0.4) is 0 Å². The number of anilines is 2. The van der Waals surface area contributed by atoms with Crippen molar-refractivity contribution in [2.24, 2.45) is 7.05 Å². The summed E-state index contributed by atoms with van der Waals surface area (Å²) in [5, 5.41) is 4.04. The van der Waals surface area contributed by atoms with Gasteiger partial charge in [-0.3, -0.25) is 4.68 Å². The van der Waals surface area contributed by atoms with Crippen LogP contribution < -0.4 is 11.5 Å². The standard InChI is InChI=1S/C13H16N4O2/c1-17-8-9(7-16-17)4-5-19-13(18)11-3-2-10(14)6-12(11)15/h2-3,6-8H,4-5,14-15H2,1H3. The van der Waals surface area contributed by atoms with Gasteiger partial charge in [0.2, 0.25) is 0 Å². The lowest BCUT2D eigenvalue weighted by atomic mass is 10.1. The molecule has 0 aliphatic rings. The summed E-state index contributed by atoms with van der Waals surface area (Å²) in [6, 6.07) is 4.73. The third-order valence-electron chi connectivity index (χ3n) is 2.68. The van der Waals surface area contributed by atoms with Crippen LogP contribution in [0.15, 0.2) is 30.6 Å². The Morgan fingerprint density at radius 2 is 2.21 bits per heavy atom. The van der Waals surface area contributed by atoms with Gasteiger partial charge in [-0.25, -0.2) is 4.79 Å². The van der Waals surface area contributed by atoms with Gasteiger partial charge in [0.25, 0.3) is 0 Å². The molecule has 0 atom stereocenters. The average molecular weight is 260 g/mol. The number of aromatic nitrogens is 2. The van der Waals surface area contributed by atoms with Gasteiger partial charge in [-0.15, -0.1) is 0 Å². The Bertz CT molecular complexity index is 592. The van der Waals surface area contributed by atoms with Gasteiger partial charge in [0.05, 0.1) is 18.4 Å². The minimum Gasteiger partial charge on any atom is -0.462 e. The van der Waals surface area contributed by atoms with Crippen LogP contribution in [0.2, 0.25) is 0 Å². The van der Waals surface area contributed by atoms with Crippen LogP contribution in [0.4, 0.5) is 11.4 Å². The highest BCUT2D eigenvalue weighted by atomic mass is 16.5. The molecule has 100 valence electrons. The molecular formula is C13H16N4O2. The summed E-state index contributed by atoms with van der Waals surface area (Å²) >= 11 is 0. The highest BCUT2D eigenvalue weighted by Gasteiger charge is 2.11. The Labute approximate surface area is 111 Å². The van der Waals surface area contributed by atoms with Crippen molar-refractivity contribution in [3.63, 3.8) is 0 Å². The second-order valence-corrected chi connectivity index (χ2v) is 4.25. The zero-order chi connectivity index (χ0) is 13.8.